The van der Waals surface area contributed by atoms with E-state index < -0.39 is 12.2 Å². The lowest BCUT2D eigenvalue weighted by atomic mass is 9.89. The molecular weight excluding hydrogens is 492 g/mol. The minimum absolute atomic E-state index is 0.103. The van der Waals surface area contributed by atoms with E-state index in [0.717, 1.165) is 49.2 Å². The molecule has 1 heterocycles. The SMILES string of the molecule is CC[C@H](CNC(=O)c1cccc([C@@H](OCCNC(=O)OC)c2cc(Cl)ccc2C)c1)C[C@H]1CCCOC1. The van der Waals surface area contributed by atoms with Gasteiger partial charge in [0.15, 0.2) is 0 Å². The van der Waals surface area contributed by atoms with Gasteiger partial charge < -0.3 is 24.8 Å². The molecule has 1 aliphatic rings. The van der Waals surface area contributed by atoms with E-state index in [1.807, 2.05) is 49.4 Å². The molecule has 8 heteroatoms. The third kappa shape index (κ3) is 9.02. The van der Waals surface area contributed by atoms with Crippen LogP contribution in [0.4, 0.5) is 4.79 Å². The molecule has 1 fully saturated rings. The number of benzene rings is 2. The van der Waals surface area contributed by atoms with E-state index in [-0.39, 0.29) is 19.1 Å². The van der Waals surface area contributed by atoms with Crippen molar-refractivity contribution < 1.29 is 23.8 Å². The number of carbonyl (C=O) groups is 2. The lowest BCUT2D eigenvalue weighted by molar-refractivity contribution is 0.0447. The predicted octanol–water partition coefficient (Wildman–Crippen LogP) is 5.68. The van der Waals surface area contributed by atoms with Gasteiger partial charge in [0.25, 0.3) is 5.91 Å². The lowest BCUT2D eigenvalue weighted by Gasteiger charge is -2.26. The van der Waals surface area contributed by atoms with Crippen LogP contribution < -0.4 is 10.6 Å². The summed E-state index contributed by atoms with van der Waals surface area (Å²) in [6.07, 6.45) is 3.43. The molecular formula is C29H39ClN2O5. The van der Waals surface area contributed by atoms with E-state index in [1.165, 1.54) is 13.5 Å². The first-order valence-corrected chi connectivity index (χ1v) is 13.4. The number of nitrogens with one attached hydrogen (secondary N) is 2. The van der Waals surface area contributed by atoms with Gasteiger partial charge in [0.05, 0.1) is 13.7 Å². The summed E-state index contributed by atoms with van der Waals surface area (Å²) in [7, 11) is 1.32. The number of alkyl carbamates (subject to hydrolysis) is 1. The molecule has 0 unspecified atom stereocenters. The van der Waals surface area contributed by atoms with Crippen LogP contribution in [0, 0.1) is 18.8 Å². The van der Waals surface area contributed by atoms with Gasteiger partial charge in [-0.1, -0.05) is 43.1 Å². The summed E-state index contributed by atoms with van der Waals surface area (Å²) < 4.78 is 16.5. The molecule has 37 heavy (non-hydrogen) atoms. The number of hydrogen-bond acceptors (Lipinski definition) is 5. The van der Waals surface area contributed by atoms with Crippen molar-refractivity contribution in [2.24, 2.45) is 11.8 Å². The van der Waals surface area contributed by atoms with Crippen LogP contribution >= 0.6 is 11.6 Å². The van der Waals surface area contributed by atoms with Crippen molar-refractivity contribution in [3.63, 3.8) is 0 Å². The molecule has 0 aliphatic carbocycles. The summed E-state index contributed by atoms with van der Waals surface area (Å²) in [5.41, 5.74) is 3.34. The standard InChI is InChI=1S/C29H39ClN2O5/c1-4-21(15-22-7-6-13-36-19-22)18-32-28(33)24-9-5-8-23(16-24)27(37-14-12-31-29(34)35-3)26-17-25(30)11-10-20(26)2/h5,8-11,16-17,21-22,27H,4,6-7,12-15,18-19H2,1-3H3,(H,31,34)(H,32,33)/t21-,22+,27+/m0/s1. The molecule has 1 aliphatic heterocycles. The normalized spacial score (nSPS) is 17.0. The van der Waals surface area contributed by atoms with Crippen LogP contribution in [0.15, 0.2) is 42.5 Å². The van der Waals surface area contributed by atoms with Crippen LogP contribution in [-0.4, -0.2) is 52.0 Å². The number of rotatable bonds is 12. The molecule has 3 rings (SSSR count). The highest BCUT2D eigenvalue weighted by Gasteiger charge is 2.21. The van der Waals surface area contributed by atoms with Gasteiger partial charge in [0, 0.05) is 36.9 Å². The van der Waals surface area contributed by atoms with E-state index in [0.29, 0.717) is 29.0 Å². The summed E-state index contributed by atoms with van der Waals surface area (Å²) in [6, 6.07) is 13.1. The van der Waals surface area contributed by atoms with Gasteiger partial charge in [0.2, 0.25) is 0 Å². The summed E-state index contributed by atoms with van der Waals surface area (Å²) in [5, 5.41) is 6.36. The Kier molecular flexibility index (Phi) is 11.7. The van der Waals surface area contributed by atoms with Crippen molar-refractivity contribution >= 4 is 23.6 Å². The fourth-order valence-electron chi connectivity index (χ4n) is 4.70. The van der Waals surface area contributed by atoms with Gasteiger partial charge in [-0.05, 0) is 79.0 Å². The fourth-order valence-corrected chi connectivity index (χ4v) is 4.88. The predicted molar refractivity (Wildman–Crippen MR) is 145 cm³/mol. The Bertz CT molecular complexity index is 1030. The van der Waals surface area contributed by atoms with Crippen LogP contribution in [0.5, 0.6) is 0 Å². The van der Waals surface area contributed by atoms with E-state index in [9.17, 15) is 9.59 Å². The van der Waals surface area contributed by atoms with Gasteiger partial charge in [-0.15, -0.1) is 0 Å². The zero-order valence-electron chi connectivity index (χ0n) is 22.1. The Hall–Kier alpha value is -2.61. The second-order valence-electron chi connectivity index (χ2n) is 9.60. The van der Waals surface area contributed by atoms with Gasteiger partial charge in [0.1, 0.15) is 6.10 Å². The average Bonchev–Trinajstić information content (AvgIpc) is 2.92. The molecule has 0 saturated carbocycles. The largest absolute Gasteiger partial charge is 0.453 e. The summed E-state index contributed by atoms with van der Waals surface area (Å²) in [5.74, 6) is 0.895. The van der Waals surface area contributed by atoms with Crippen molar-refractivity contribution in [3.05, 3.63) is 69.7 Å². The lowest BCUT2D eigenvalue weighted by Crippen LogP contribution is -2.31. The Morgan fingerprint density at radius 2 is 2.03 bits per heavy atom. The molecule has 2 amide bonds. The third-order valence-corrected chi connectivity index (χ3v) is 7.10. The monoisotopic (exact) mass is 530 g/mol. The van der Waals surface area contributed by atoms with Crippen LogP contribution in [0.3, 0.4) is 0 Å². The Balaban J connectivity index is 1.70. The van der Waals surface area contributed by atoms with Crippen LogP contribution in [0.2, 0.25) is 5.02 Å². The topological polar surface area (TPSA) is 85.9 Å². The van der Waals surface area contributed by atoms with E-state index in [1.54, 1.807) is 0 Å². The third-order valence-electron chi connectivity index (χ3n) is 6.87. The molecule has 202 valence electrons. The van der Waals surface area contributed by atoms with Gasteiger partial charge in [-0.25, -0.2) is 4.79 Å². The van der Waals surface area contributed by atoms with Crippen LogP contribution in [-0.2, 0) is 14.2 Å². The van der Waals surface area contributed by atoms with E-state index >= 15 is 0 Å². The van der Waals surface area contributed by atoms with E-state index in [2.05, 4.69) is 22.3 Å². The first kappa shape index (κ1) is 29.0. The second-order valence-corrected chi connectivity index (χ2v) is 10.0. The maximum Gasteiger partial charge on any atom is 0.406 e. The van der Waals surface area contributed by atoms with Crippen LogP contribution in [0.25, 0.3) is 0 Å². The zero-order chi connectivity index (χ0) is 26.6. The summed E-state index contributed by atoms with van der Waals surface area (Å²) in [6.45, 7) is 7.04. The fraction of sp³-hybridized carbons (Fsp3) is 0.517. The molecule has 2 N–H and O–H groups in total. The highest BCUT2D eigenvalue weighted by Crippen LogP contribution is 2.31. The second kappa shape index (κ2) is 15.0. The number of methoxy groups -OCH3 is 1. The van der Waals surface area contributed by atoms with E-state index in [4.69, 9.17) is 21.1 Å². The Morgan fingerprint density at radius 3 is 2.76 bits per heavy atom. The summed E-state index contributed by atoms with van der Waals surface area (Å²) in [4.78, 5) is 24.5. The number of carbonyl (C=O) groups excluding carboxylic acids is 2. The van der Waals surface area contributed by atoms with Crippen molar-refractivity contribution in [2.75, 3.05) is 40.0 Å². The summed E-state index contributed by atoms with van der Waals surface area (Å²) >= 11 is 6.31. The number of ether oxygens (including phenoxy) is 3. The average molecular weight is 531 g/mol. The quantitative estimate of drug-likeness (QED) is 0.345. The molecule has 1 saturated heterocycles. The molecule has 2 aromatic carbocycles. The minimum atomic E-state index is -0.515. The number of amides is 2. The first-order valence-electron chi connectivity index (χ1n) is 13.1. The Morgan fingerprint density at radius 1 is 1.19 bits per heavy atom. The molecule has 2 aromatic rings. The highest BCUT2D eigenvalue weighted by atomic mass is 35.5. The van der Waals surface area contributed by atoms with Gasteiger partial charge in [-0.2, -0.15) is 0 Å². The molecule has 7 nitrogen and oxygen atoms in total. The van der Waals surface area contributed by atoms with Gasteiger partial charge >= 0.3 is 6.09 Å². The Labute approximate surface area is 225 Å². The number of aryl methyl sites for hydroxylation is 1. The van der Waals surface area contributed by atoms with Crippen molar-refractivity contribution in [3.8, 4) is 0 Å². The minimum Gasteiger partial charge on any atom is -0.453 e. The van der Waals surface area contributed by atoms with Gasteiger partial charge in [-0.3, -0.25) is 4.79 Å². The maximum atomic E-state index is 13.1. The highest BCUT2D eigenvalue weighted by molar-refractivity contribution is 6.30. The van der Waals surface area contributed by atoms with Crippen molar-refractivity contribution in [1.29, 1.82) is 0 Å². The zero-order valence-corrected chi connectivity index (χ0v) is 22.8. The number of halogens is 1. The molecule has 0 bridgehead atoms. The maximum absolute atomic E-state index is 13.1. The first-order chi connectivity index (χ1) is 17.9. The molecule has 0 radical (unpaired) electrons. The van der Waals surface area contributed by atoms with Crippen molar-refractivity contribution in [2.45, 2.75) is 45.6 Å². The molecule has 0 spiro atoms. The molecule has 0 aromatic heterocycles. The van der Waals surface area contributed by atoms with Crippen LogP contribution in [0.1, 0.15) is 65.8 Å². The van der Waals surface area contributed by atoms with Crippen molar-refractivity contribution in [1.82, 2.24) is 10.6 Å². The smallest absolute Gasteiger partial charge is 0.406 e. The number of hydrogen-bond donors (Lipinski definition) is 2. The molecule has 3 atom stereocenters.